The molecule has 3 N–H and O–H groups in total. The maximum absolute atomic E-state index is 12.5. The highest BCUT2D eigenvalue weighted by Gasteiger charge is 2.45. The smallest absolute Gasteiger partial charge is 0.344 e. The Hall–Kier alpha value is -2.12. The molecule has 0 aliphatic heterocycles. The van der Waals surface area contributed by atoms with Crippen molar-refractivity contribution in [3.05, 3.63) is 29.3 Å². The van der Waals surface area contributed by atoms with Gasteiger partial charge in [0.05, 0.1) is 12.2 Å². The van der Waals surface area contributed by atoms with Gasteiger partial charge in [-0.15, -0.1) is 0 Å². The topological polar surface area (TPSA) is 105 Å². The number of fused-ring (bicyclic) bond motifs is 2. The van der Waals surface area contributed by atoms with Gasteiger partial charge in [-0.25, -0.2) is 4.79 Å². The Morgan fingerprint density at radius 2 is 1.89 bits per heavy atom. The van der Waals surface area contributed by atoms with Crippen LogP contribution >= 0.6 is 0 Å². The predicted molar refractivity (Wildman–Crippen MR) is 148 cm³/mol. The second kappa shape index (κ2) is 13.8. The average Bonchev–Trinajstić information content (AvgIpc) is 3.16. The number of nitrogens with one attached hydrogen (secondary N) is 1. The summed E-state index contributed by atoms with van der Waals surface area (Å²) < 4.78 is 11.3. The van der Waals surface area contributed by atoms with Crippen LogP contribution in [0.2, 0.25) is 0 Å². The van der Waals surface area contributed by atoms with Gasteiger partial charge in [0.25, 0.3) is 5.91 Å². The molecule has 2 aliphatic rings. The molecule has 38 heavy (non-hydrogen) atoms. The number of unbranched alkanes of at least 4 members (excludes halogenated alkanes) is 2. The van der Waals surface area contributed by atoms with Gasteiger partial charge >= 0.3 is 5.97 Å². The number of ether oxygens (including phenoxy) is 2. The fourth-order valence-corrected chi connectivity index (χ4v) is 6.20. The average molecular weight is 532 g/mol. The zero-order valence-corrected chi connectivity index (χ0v) is 24.0. The van der Waals surface area contributed by atoms with Crippen molar-refractivity contribution >= 4 is 11.9 Å². The summed E-state index contributed by atoms with van der Waals surface area (Å²) in [6.45, 7) is 9.37. The van der Waals surface area contributed by atoms with E-state index in [0.29, 0.717) is 24.0 Å². The van der Waals surface area contributed by atoms with E-state index in [2.05, 4.69) is 18.3 Å². The lowest BCUT2D eigenvalue weighted by Crippen LogP contribution is -2.47. The number of aliphatic hydroxyl groups is 2. The molecule has 7 nitrogen and oxygen atoms in total. The normalized spacial score (nSPS) is 24.2. The number of aliphatic hydroxyl groups excluding tert-OH is 2. The van der Waals surface area contributed by atoms with E-state index in [4.69, 9.17) is 9.47 Å². The molecule has 1 fully saturated rings. The van der Waals surface area contributed by atoms with Crippen LogP contribution in [0, 0.1) is 17.8 Å². The standard InChI is InChI=1S/C31H49NO6/c1-6-8-9-12-22(33)14-15-23-24-16-20-11-10-13-28(25(20)17-21(24)18-26(23)34)37-19-29(35)38-27(7-2)30(36)32-31(3,4)5/h10-11,13,21-24,26-27,33-34H,6-9,12,14-19H2,1-5H3,(H,32,36)/t21-,22-,23+,24-,26+,27?/m0/s1. The molecule has 6 atom stereocenters. The van der Waals surface area contributed by atoms with Crippen molar-refractivity contribution in [3.63, 3.8) is 0 Å². The Morgan fingerprint density at radius 1 is 1.13 bits per heavy atom. The van der Waals surface area contributed by atoms with Crippen molar-refractivity contribution in [2.45, 2.75) is 123 Å². The van der Waals surface area contributed by atoms with Gasteiger partial charge in [-0.1, -0.05) is 45.2 Å². The van der Waals surface area contributed by atoms with Crippen molar-refractivity contribution < 1.29 is 29.3 Å². The van der Waals surface area contributed by atoms with Gasteiger partial charge in [-0.05, 0) is 101 Å². The largest absolute Gasteiger partial charge is 0.482 e. The summed E-state index contributed by atoms with van der Waals surface area (Å²) >= 11 is 0. The number of hydrogen-bond donors (Lipinski definition) is 3. The lowest BCUT2D eigenvalue weighted by molar-refractivity contribution is -0.158. The minimum Gasteiger partial charge on any atom is -0.482 e. The van der Waals surface area contributed by atoms with E-state index in [1.165, 1.54) is 5.56 Å². The van der Waals surface area contributed by atoms with E-state index >= 15 is 0 Å². The van der Waals surface area contributed by atoms with Gasteiger partial charge in [0.15, 0.2) is 12.7 Å². The summed E-state index contributed by atoms with van der Waals surface area (Å²) in [4.78, 5) is 25.0. The van der Waals surface area contributed by atoms with Crippen LogP contribution in [0.1, 0.15) is 97.1 Å². The van der Waals surface area contributed by atoms with Crippen LogP contribution in [-0.4, -0.2) is 52.5 Å². The van der Waals surface area contributed by atoms with Crippen LogP contribution in [0.25, 0.3) is 0 Å². The molecule has 1 saturated carbocycles. The molecular weight excluding hydrogens is 482 g/mol. The van der Waals surface area contributed by atoms with E-state index in [-0.39, 0.29) is 30.6 Å². The van der Waals surface area contributed by atoms with Gasteiger partial charge in [0, 0.05) is 5.54 Å². The Labute approximate surface area is 228 Å². The Morgan fingerprint density at radius 3 is 2.58 bits per heavy atom. The number of carbonyl (C=O) groups excluding carboxylic acids is 2. The van der Waals surface area contributed by atoms with E-state index < -0.39 is 17.6 Å². The molecule has 0 saturated heterocycles. The van der Waals surface area contributed by atoms with Gasteiger partial charge in [-0.3, -0.25) is 4.79 Å². The minimum absolute atomic E-state index is 0.207. The predicted octanol–water partition coefficient (Wildman–Crippen LogP) is 4.74. The molecule has 0 spiro atoms. The van der Waals surface area contributed by atoms with Crippen molar-refractivity contribution in [1.82, 2.24) is 5.32 Å². The number of amides is 1. The Kier molecular flexibility index (Phi) is 11.0. The zero-order valence-electron chi connectivity index (χ0n) is 24.0. The van der Waals surface area contributed by atoms with Crippen LogP contribution in [-0.2, 0) is 27.2 Å². The van der Waals surface area contributed by atoms with Crippen molar-refractivity contribution in [2.24, 2.45) is 17.8 Å². The first-order chi connectivity index (χ1) is 18.0. The molecule has 2 aliphatic carbocycles. The molecule has 0 bridgehead atoms. The van der Waals surface area contributed by atoms with E-state index in [1.54, 1.807) is 0 Å². The highest BCUT2D eigenvalue weighted by atomic mass is 16.6. The highest BCUT2D eigenvalue weighted by molar-refractivity contribution is 5.84. The fraction of sp³-hybridized carbons (Fsp3) is 0.742. The highest BCUT2D eigenvalue weighted by Crippen LogP contribution is 2.48. The van der Waals surface area contributed by atoms with Crippen LogP contribution in [0.3, 0.4) is 0 Å². The molecule has 1 aromatic rings. The molecule has 1 aromatic carbocycles. The van der Waals surface area contributed by atoms with Gasteiger partial charge in [0.1, 0.15) is 5.75 Å². The summed E-state index contributed by atoms with van der Waals surface area (Å²) in [7, 11) is 0. The molecule has 1 unspecified atom stereocenters. The van der Waals surface area contributed by atoms with E-state index in [0.717, 1.165) is 63.4 Å². The second-order valence-corrected chi connectivity index (χ2v) is 12.3. The molecule has 1 amide bonds. The Balaban J connectivity index is 1.57. The van der Waals surface area contributed by atoms with Gasteiger partial charge in [0.2, 0.25) is 0 Å². The maximum Gasteiger partial charge on any atom is 0.344 e. The number of rotatable bonds is 13. The fourth-order valence-electron chi connectivity index (χ4n) is 6.20. The molecule has 0 aromatic heterocycles. The first-order valence-electron chi connectivity index (χ1n) is 14.6. The summed E-state index contributed by atoms with van der Waals surface area (Å²) in [6.07, 6.45) is 7.17. The van der Waals surface area contributed by atoms with Crippen LogP contribution in [0.15, 0.2) is 18.2 Å². The molecule has 0 heterocycles. The van der Waals surface area contributed by atoms with Gasteiger partial charge in [-0.2, -0.15) is 0 Å². The number of benzene rings is 1. The first-order valence-corrected chi connectivity index (χ1v) is 14.6. The lowest BCUT2D eigenvalue weighted by atomic mass is 9.73. The molecule has 214 valence electrons. The molecule has 7 heteroatoms. The maximum atomic E-state index is 12.5. The lowest BCUT2D eigenvalue weighted by Gasteiger charge is -2.32. The monoisotopic (exact) mass is 531 g/mol. The number of hydrogen-bond acceptors (Lipinski definition) is 6. The van der Waals surface area contributed by atoms with Crippen LogP contribution in [0.5, 0.6) is 5.75 Å². The van der Waals surface area contributed by atoms with Crippen LogP contribution in [0.4, 0.5) is 0 Å². The minimum atomic E-state index is -0.849. The molecular formula is C31H49NO6. The van der Waals surface area contributed by atoms with Crippen molar-refractivity contribution in [2.75, 3.05) is 6.61 Å². The van der Waals surface area contributed by atoms with Crippen molar-refractivity contribution in [3.8, 4) is 5.75 Å². The summed E-state index contributed by atoms with van der Waals surface area (Å²) in [5.74, 6) is 0.766. The third kappa shape index (κ3) is 8.44. The summed E-state index contributed by atoms with van der Waals surface area (Å²) in [5.41, 5.74) is 1.90. The van der Waals surface area contributed by atoms with Crippen molar-refractivity contribution in [1.29, 1.82) is 0 Å². The third-order valence-electron chi connectivity index (χ3n) is 8.10. The summed E-state index contributed by atoms with van der Waals surface area (Å²) in [6, 6.07) is 5.94. The van der Waals surface area contributed by atoms with E-state index in [1.807, 2.05) is 39.8 Å². The zero-order chi connectivity index (χ0) is 27.9. The molecule has 0 radical (unpaired) electrons. The quantitative estimate of drug-likeness (QED) is 0.251. The first kappa shape index (κ1) is 30.4. The summed E-state index contributed by atoms with van der Waals surface area (Å²) in [5, 5.41) is 24.1. The van der Waals surface area contributed by atoms with Crippen LogP contribution < -0.4 is 10.1 Å². The second-order valence-electron chi connectivity index (χ2n) is 12.3. The Bertz CT molecular complexity index is 925. The third-order valence-corrected chi connectivity index (χ3v) is 8.10. The number of esters is 1. The van der Waals surface area contributed by atoms with E-state index in [9.17, 15) is 19.8 Å². The SMILES string of the molecule is CCCCC[C@H](O)CC[C@@H]1[C@H]2Cc3cccc(OCC(=O)OC(CC)C(=O)NC(C)(C)C)c3C[C@H]2C[C@H]1O. The molecule has 3 rings (SSSR count). The number of carbonyl (C=O) groups is 2. The van der Waals surface area contributed by atoms with Gasteiger partial charge < -0.3 is 25.0 Å².